The Morgan fingerprint density at radius 1 is 1.33 bits per heavy atom. The predicted octanol–water partition coefficient (Wildman–Crippen LogP) is 4.46. The zero-order chi connectivity index (χ0) is 13.8. The van der Waals surface area contributed by atoms with Gasteiger partial charge in [-0.15, -0.1) is 0 Å². The van der Waals surface area contributed by atoms with E-state index in [0.717, 1.165) is 18.5 Å². The highest BCUT2D eigenvalue weighted by atomic mass is 35.5. The lowest BCUT2D eigenvalue weighted by Gasteiger charge is -2.37. The maximum absolute atomic E-state index is 6.29. The molecule has 0 spiro atoms. The van der Waals surface area contributed by atoms with Gasteiger partial charge in [0.15, 0.2) is 0 Å². The summed E-state index contributed by atoms with van der Waals surface area (Å²) in [5.41, 5.74) is 0.668. The molecular weight excluding hydrogens is 269 g/mol. The van der Waals surface area contributed by atoms with Crippen molar-refractivity contribution in [2.45, 2.75) is 38.8 Å². The summed E-state index contributed by atoms with van der Waals surface area (Å²) >= 11 is 12.4. The summed E-state index contributed by atoms with van der Waals surface area (Å²) in [4.78, 5) is 0. The second kappa shape index (κ2) is 6.76. The predicted molar refractivity (Wildman–Crippen MR) is 78.6 cm³/mol. The number of hydrogen-bond donors (Lipinski definition) is 1. The van der Waals surface area contributed by atoms with Crippen LogP contribution in [0.15, 0.2) is 18.2 Å². The van der Waals surface area contributed by atoms with Gasteiger partial charge in [-0.1, -0.05) is 37.0 Å². The topological polar surface area (TPSA) is 21.3 Å². The lowest BCUT2D eigenvalue weighted by atomic mass is 9.87. The van der Waals surface area contributed by atoms with Crippen LogP contribution < -0.4 is 5.32 Å². The van der Waals surface area contributed by atoms with Crippen LogP contribution in [0.3, 0.4) is 0 Å². The van der Waals surface area contributed by atoms with Gasteiger partial charge in [0.1, 0.15) is 0 Å². The molecule has 0 radical (unpaired) electrons. The van der Waals surface area contributed by atoms with Crippen LogP contribution in [0.1, 0.15) is 38.8 Å². The average molecular weight is 290 g/mol. The highest BCUT2D eigenvalue weighted by Crippen LogP contribution is 2.36. The van der Waals surface area contributed by atoms with Crippen LogP contribution in [0, 0.1) is 0 Å². The van der Waals surface area contributed by atoms with Gasteiger partial charge in [-0.2, -0.15) is 0 Å². The van der Waals surface area contributed by atoms with Crippen molar-refractivity contribution in [2.24, 2.45) is 0 Å². The van der Waals surface area contributed by atoms with Crippen molar-refractivity contribution in [1.82, 2.24) is 5.32 Å². The van der Waals surface area contributed by atoms with Crippen molar-refractivity contribution >= 4 is 23.2 Å². The molecule has 4 heteroatoms. The minimum atomic E-state index is -0.315. The smallest absolute Gasteiger partial charge is 0.0842 e. The molecule has 0 aliphatic rings. The van der Waals surface area contributed by atoms with Crippen LogP contribution in [0.4, 0.5) is 0 Å². The van der Waals surface area contributed by atoms with Crippen molar-refractivity contribution < 1.29 is 4.74 Å². The lowest BCUT2D eigenvalue weighted by Crippen LogP contribution is -2.43. The molecule has 0 heterocycles. The fourth-order valence-corrected chi connectivity index (χ4v) is 2.47. The van der Waals surface area contributed by atoms with Crippen LogP contribution in [-0.2, 0) is 4.74 Å². The molecule has 0 saturated heterocycles. The molecule has 0 aliphatic carbocycles. The third-order valence-electron chi connectivity index (χ3n) is 3.46. The molecule has 1 aromatic rings. The van der Waals surface area contributed by atoms with Gasteiger partial charge in [0.05, 0.1) is 11.6 Å². The van der Waals surface area contributed by atoms with E-state index in [1.807, 2.05) is 12.1 Å². The van der Waals surface area contributed by atoms with Gasteiger partial charge in [0.2, 0.25) is 0 Å². The van der Waals surface area contributed by atoms with Gasteiger partial charge < -0.3 is 10.1 Å². The summed E-state index contributed by atoms with van der Waals surface area (Å²) in [6.45, 7) is 7.09. The SMILES string of the molecule is CCNC(c1cc(Cl)ccc1Cl)C(C)(CC)OC. The molecule has 2 atom stereocenters. The number of halogens is 2. The highest BCUT2D eigenvalue weighted by molar-refractivity contribution is 6.33. The third kappa shape index (κ3) is 3.39. The van der Waals surface area contributed by atoms with Crippen LogP contribution in [0.25, 0.3) is 0 Å². The van der Waals surface area contributed by atoms with Crippen molar-refractivity contribution in [1.29, 1.82) is 0 Å². The molecule has 18 heavy (non-hydrogen) atoms. The Labute approximate surface area is 120 Å². The number of likely N-dealkylation sites (N-methyl/N-ethyl adjacent to an activating group) is 1. The lowest BCUT2D eigenvalue weighted by molar-refractivity contribution is -0.0295. The molecule has 0 aromatic heterocycles. The summed E-state index contributed by atoms with van der Waals surface area (Å²) in [5.74, 6) is 0. The summed E-state index contributed by atoms with van der Waals surface area (Å²) in [6, 6.07) is 5.55. The summed E-state index contributed by atoms with van der Waals surface area (Å²) in [7, 11) is 1.73. The van der Waals surface area contributed by atoms with E-state index in [-0.39, 0.29) is 11.6 Å². The standard InChI is InChI=1S/C14H21Cl2NO/c1-5-14(3,18-4)13(17-6-2)11-9-10(15)7-8-12(11)16/h7-9,13,17H,5-6H2,1-4H3. The van der Waals surface area contributed by atoms with E-state index in [1.165, 1.54) is 0 Å². The molecule has 1 N–H and O–H groups in total. The van der Waals surface area contributed by atoms with Gasteiger partial charge in [-0.3, -0.25) is 0 Å². The summed E-state index contributed by atoms with van der Waals surface area (Å²) < 4.78 is 5.69. The largest absolute Gasteiger partial charge is 0.377 e. The minimum absolute atomic E-state index is 0.0173. The van der Waals surface area contributed by atoms with Crippen molar-refractivity contribution in [2.75, 3.05) is 13.7 Å². The van der Waals surface area contributed by atoms with Crippen LogP contribution in [0.2, 0.25) is 10.0 Å². The number of rotatable bonds is 6. The first kappa shape index (κ1) is 15.8. The first-order valence-electron chi connectivity index (χ1n) is 6.22. The van der Waals surface area contributed by atoms with Crippen molar-refractivity contribution in [3.05, 3.63) is 33.8 Å². The quantitative estimate of drug-likeness (QED) is 0.835. The monoisotopic (exact) mass is 289 g/mol. The maximum atomic E-state index is 6.29. The van der Waals surface area contributed by atoms with E-state index in [4.69, 9.17) is 27.9 Å². The summed E-state index contributed by atoms with van der Waals surface area (Å²) in [6.07, 6.45) is 0.879. The first-order valence-corrected chi connectivity index (χ1v) is 6.97. The zero-order valence-electron chi connectivity index (χ0n) is 11.4. The fraction of sp³-hybridized carbons (Fsp3) is 0.571. The second-order valence-electron chi connectivity index (χ2n) is 4.53. The summed E-state index contributed by atoms with van der Waals surface area (Å²) in [5, 5.41) is 4.84. The Hall–Kier alpha value is -0.280. The molecule has 0 fully saturated rings. The van der Waals surface area contributed by atoms with Crippen LogP contribution >= 0.6 is 23.2 Å². The molecule has 0 bridgehead atoms. The molecule has 102 valence electrons. The Morgan fingerprint density at radius 3 is 2.50 bits per heavy atom. The molecule has 1 aromatic carbocycles. The van der Waals surface area contributed by atoms with Crippen molar-refractivity contribution in [3.8, 4) is 0 Å². The Bertz CT molecular complexity index is 391. The minimum Gasteiger partial charge on any atom is -0.377 e. The number of ether oxygens (including phenoxy) is 1. The highest BCUT2D eigenvalue weighted by Gasteiger charge is 2.34. The number of nitrogens with one attached hydrogen (secondary N) is 1. The number of benzene rings is 1. The van der Waals surface area contributed by atoms with Gasteiger partial charge in [-0.05, 0) is 43.7 Å². The fourth-order valence-electron chi connectivity index (χ4n) is 2.06. The molecule has 0 saturated carbocycles. The molecule has 2 nitrogen and oxygen atoms in total. The maximum Gasteiger partial charge on any atom is 0.0842 e. The van der Waals surface area contributed by atoms with Crippen LogP contribution in [-0.4, -0.2) is 19.3 Å². The number of methoxy groups -OCH3 is 1. The van der Waals surface area contributed by atoms with Crippen molar-refractivity contribution in [3.63, 3.8) is 0 Å². The Morgan fingerprint density at radius 2 is 2.00 bits per heavy atom. The molecule has 0 amide bonds. The molecule has 2 unspecified atom stereocenters. The zero-order valence-corrected chi connectivity index (χ0v) is 12.9. The molecule has 0 aliphatic heterocycles. The third-order valence-corrected chi connectivity index (χ3v) is 4.04. The number of hydrogen-bond acceptors (Lipinski definition) is 2. The normalized spacial score (nSPS) is 16.3. The Kier molecular flexibility index (Phi) is 5.93. The van der Waals surface area contributed by atoms with E-state index in [9.17, 15) is 0 Å². The van der Waals surface area contributed by atoms with E-state index in [1.54, 1.807) is 13.2 Å². The van der Waals surface area contributed by atoms with Gasteiger partial charge in [0.25, 0.3) is 0 Å². The van der Waals surface area contributed by atoms with Gasteiger partial charge in [-0.25, -0.2) is 0 Å². The van der Waals surface area contributed by atoms with E-state index in [0.29, 0.717) is 10.0 Å². The van der Waals surface area contributed by atoms with E-state index < -0.39 is 0 Å². The average Bonchev–Trinajstić information content (AvgIpc) is 2.38. The van der Waals surface area contributed by atoms with Gasteiger partial charge >= 0.3 is 0 Å². The van der Waals surface area contributed by atoms with Gasteiger partial charge in [0, 0.05) is 17.2 Å². The Balaban J connectivity index is 3.22. The molecule has 1 rings (SSSR count). The second-order valence-corrected chi connectivity index (χ2v) is 5.37. The molecular formula is C14H21Cl2NO. The van der Waals surface area contributed by atoms with Crippen LogP contribution in [0.5, 0.6) is 0 Å². The van der Waals surface area contributed by atoms with E-state index in [2.05, 4.69) is 26.1 Å². The van der Waals surface area contributed by atoms with E-state index >= 15 is 0 Å². The first-order chi connectivity index (χ1) is 8.48.